The first-order chi connectivity index (χ1) is 10.7. The lowest BCUT2D eigenvalue weighted by atomic mass is 10.0. The molecule has 2 rings (SSSR count). The minimum absolute atomic E-state index is 0.888. The smallest absolute Gasteiger partial charge is 0.0127 e. The Hall–Kier alpha value is -0.350. The van der Waals surface area contributed by atoms with Crippen LogP contribution in [-0.4, -0.2) is 5.66 Å². The van der Waals surface area contributed by atoms with Gasteiger partial charge in [-0.05, 0) is 64.3 Å². The second kappa shape index (κ2) is 9.71. The van der Waals surface area contributed by atoms with Gasteiger partial charge in [0.15, 0.2) is 0 Å². The van der Waals surface area contributed by atoms with E-state index in [4.69, 9.17) is 0 Å². The topological polar surface area (TPSA) is 0 Å². The number of rotatable bonds is 2. The highest BCUT2D eigenvalue weighted by atomic mass is 31.1. The molecule has 0 heterocycles. The Bertz CT molecular complexity index is 414. The molecule has 1 aromatic rings. The van der Waals surface area contributed by atoms with Crippen molar-refractivity contribution in [1.82, 2.24) is 0 Å². The van der Waals surface area contributed by atoms with Crippen molar-refractivity contribution >= 4 is 13.9 Å². The zero-order chi connectivity index (χ0) is 15.8. The Morgan fingerprint density at radius 1 is 0.682 bits per heavy atom. The molecular formula is C21H34P. The van der Waals surface area contributed by atoms with Gasteiger partial charge in [-0.1, -0.05) is 75.5 Å². The standard InChI is InChI=1S/C21H34P/c1-17-15-18(2)21(19(3)16-17)22-20-13-11-9-7-5-4-6-8-10-12-14-20/h15-16,20H,4-14H2,1-3H3. The van der Waals surface area contributed by atoms with Crippen LogP contribution in [0, 0.1) is 20.8 Å². The van der Waals surface area contributed by atoms with Gasteiger partial charge in [-0.3, -0.25) is 0 Å². The second-order valence-electron chi connectivity index (χ2n) is 7.29. The molecule has 0 N–H and O–H groups in total. The second-order valence-corrected chi connectivity index (χ2v) is 8.73. The molecule has 22 heavy (non-hydrogen) atoms. The van der Waals surface area contributed by atoms with Crippen LogP contribution in [0.1, 0.15) is 87.3 Å². The fourth-order valence-electron chi connectivity index (χ4n) is 3.83. The van der Waals surface area contributed by atoms with Gasteiger partial charge in [0.25, 0.3) is 0 Å². The van der Waals surface area contributed by atoms with Crippen molar-refractivity contribution in [2.75, 3.05) is 0 Å². The first-order valence-corrected chi connectivity index (χ1v) is 10.4. The van der Waals surface area contributed by atoms with Crippen molar-refractivity contribution in [3.8, 4) is 0 Å². The summed E-state index contributed by atoms with van der Waals surface area (Å²) >= 11 is 0. The Kier molecular flexibility index (Phi) is 7.95. The van der Waals surface area contributed by atoms with E-state index in [2.05, 4.69) is 32.9 Å². The van der Waals surface area contributed by atoms with Crippen molar-refractivity contribution in [1.29, 1.82) is 0 Å². The molecular weight excluding hydrogens is 283 g/mol. The lowest BCUT2D eigenvalue weighted by molar-refractivity contribution is 0.509. The van der Waals surface area contributed by atoms with Crippen LogP contribution in [-0.2, 0) is 0 Å². The van der Waals surface area contributed by atoms with Gasteiger partial charge < -0.3 is 0 Å². The molecule has 1 heteroatoms. The molecule has 0 atom stereocenters. The van der Waals surface area contributed by atoms with E-state index in [0.29, 0.717) is 0 Å². The number of hydrogen-bond donors (Lipinski definition) is 0. The molecule has 0 bridgehead atoms. The molecule has 1 saturated carbocycles. The average molecular weight is 317 g/mol. The van der Waals surface area contributed by atoms with E-state index in [1.165, 1.54) is 87.3 Å². The van der Waals surface area contributed by atoms with Gasteiger partial charge in [-0.2, -0.15) is 0 Å². The van der Waals surface area contributed by atoms with Gasteiger partial charge in [-0.15, -0.1) is 0 Å². The van der Waals surface area contributed by atoms with Crippen molar-refractivity contribution in [2.45, 2.75) is 97.1 Å². The summed E-state index contributed by atoms with van der Waals surface area (Å²) in [4.78, 5) is 0. The minimum Gasteiger partial charge on any atom is -0.0557 e. The fourth-order valence-corrected chi connectivity index (χ4v) is 5.35. The zero-order valence-electron chi connectivity index (χ0n) is 15.0. The summed E-state index contributed by atoms with van der Waals surface area (Å²) in [6.45, 7) is 6.83. The van der Waals surface area contributed by atoms with Crippen molar-refractivity contribution in [2.24, 2.45) is 0 Å². The van der Waals surface area contributed by atoms with E-state index < -0.39 is 0 Å². The molecule has 0 aromatic heterocycles. The number of hydrogen-bond acceptors (Lipinski definition) is 0. The fraction of sp³-hybridized carbons (Fsp3) is 0.714. The number of aryl methyl sites for hydroxylation is 3. The lowest BCUT2D eigenvalue weighted by Gasteiger charge is -2.20. The summed E-state index contributed by atoms with van der Waals surface area (Å²) in [5, 5.41) is 1.61. The molecule has 123 valence electrons. The Labute approximate surface area is 140 Å². The molecule has 0 unspecified atom stereocenters. The van der Waals surface area contributed by atoms with E-state index in [1.54, 1.807) is 13.9 Å². The molecule has 0 spiro atoms. The highest BCUT2D eigenvalue weighted by molar-refractivity contribution is 7.48. The molecule has 1 aromatic carbocycles. The van der Waals surface area contributed by atoms with E-state index in [0.717, 1.165) is 5.66 Å². The van der Waals surface area contributed by atoms with Crippen LogP contribution in [0.15, 0.2) is 12.1 Å². The number of benzene rings is 1. The van der Waals surface area contributed by atoms with E-state index in [9.17, 15) is 0 Å². The molecule has 1 radical (unpaired) electrons. The SMILES string of the molecule is Cc1cc(C)c([P]C2CCCCCCCCCCC2)c(C)c1. The molecule has 0 amide bonds. The van der Waals surface area contributed by atoms with Crippen LogP contribution in [0.5, 0.6) is 0 Å². The van der Waals surface area contributed by atoms with Crippen LogP contribution in [0.4, 0.5) is 0 Å². The third-order valence-electron chi connectivity index (χ3n) is 5.02. The summed E-state index contributed by atoms with van der Waals surface area (Å²) in [5.41, 5.74) is 5.31. The molecule has 1 aliphatic carbocycles. The van der Waals surface area contributed by atoms with Crippen LogP contribution in [0.2, 0.25) is 0 Å². The maximum Gasteiger partial charge on any atom is -0.0127 e. The minimum atomic E-state index is 0.888. The first-order valence-electron chi connectivity index (χ1n) is 9.45. The Morgan fingerprint density at radius 2 is 1.09 bits per heavy atom. The van der Waals surface area contributed by atoms with Gasteiger partial charge >= 0.3 is 0 Å². The van der Waals surface area contributed by atoms with Gasteiger partial charge in [0.2, 0.25) is 0 Å². The molecule has 1 fully saturated rings. The largest absolute Gasteiger partial charge is 0.0557 e. The molecule has 1 aliphatic rings. The zero-order valence-corrected chi connectivity index (χ0v) is 15.9. The Balaban J connectivity index is 1.98. The van der Waals surface area contributed by atoms with E-state index >= 15 is 0 Å². The van der Waals surface area contributed by atoms with Gasteiger partial charge in [0.05, 0.1) is 0 Å². The highest BCUT2D eigenvalue weighted by Crippen LogP contribution is 2.31. The molecule has 0 saturated heterocycles. The normalized spacial score (nSPS) is 20.0. The van der Waals surface area contributed by atoms with Crippen LogP contribution < -0.4 is 5.30 Å². The predicted octanol–water partition coefficient (Wildman–Crippen LogP) is 6.86. The van der Waals surface area contributed by atoms with Crippen LogP contribution in [0.3, 0.4) is 0 Å². The first kappa shape index (κ1) is 18.0. The van der Waals surface area contributed by atoms with E-state index in [1.807, 2.05) is 0 Å². The summed E-state index contributed by atoms with van der Waals surface area (Å²) in [7, 11) is 1.60. The monoisotopic (exact) mass is 317 g/mol. The highest BCUT2D eigenvalue weighted by Gasteiger charge is 2.14. The molecule has 0 nitrogen and oxygen atoms in total. The van der Waals surface area contributed by atoms with Crippen molar-refractivity contribution < 1.29 is 0 Å². The quantitative estimate of drug-likeness (QED) is 0.523. The summed E-state index contributed by atoms with van der Waals surface area (Å²) < 4.78 is 0. The lowest BCUT2D eigenvalue weighted by Crippen LogP contribution is -2.13. The third-order valence-corrected chi connectivity index (χ3v) is 6.87. The average Bonchev–Trinajstić information content (AvgIpc) is 2.45. The molecule has 0 aliphatic heterocycles. The predicted molar refractivity (Wildman–Crippen MR) is 102 cm³/mol. The van der Waals surface area contributed by atoms with Crippen molar-refractivity contribution in [3.05, 3.63) is 28.8 Å². The summed E-state index contributed by atoms with van der Waals surface area (Å²) in [5.74, 6) is 0. The third kappa shape index (κ3) is 6.04. The summed E-state index contributed by atoms with van der Waals surface area (Å²) in [6.07, 6.45) is 16.0. The maximum absolute atomic E-state index is 2.37. The Morgan fingerprint density at radius 3 is 1.55 bits per heavy atom. The van der Waals surface area contributed by atoms with Crippen LogP contribution >= 0.6 is 8.58 Å². The van der Waals surface area contributed by atoms with Gasteiger partial charge in [0, 0.05) is 0 Å². The van der Waals surface area contributed by atoms with E-state index in [-0.39, 0.29) is 0 Å². The van der Waals surface area contributed by atoms with Crippen LogP contribution in [0.25, 0.3) is 0 Å². The van der Waals surface area contributed by atoms with Gasteiger partial charge in [-0.25, -0.2) is 0 Å². The summed E-state index contributed by atoms with van der Waals surface area (Å²) in [6, 6.07) is 4.73. The van der Waals surface area contributed by atoms with Crippen molar-refractivity contribution in [3.63, 3.8) is 0 Å². The van der Waals surface area contributed by atoms with Gasteiger partial charge in [0.1, 0.15) is 0 Å². The maximum atomic E-state index is 2.37.